The van der Waals surface area contributed by atoms with Crippen molar-refractivity contribution in [2.45, 2.75) is 62.0 Å². The van der Waals surface area contributed by atoms with Crippen molar-refractivity contribution in [3.63, 3.8) is 0 Å². The molecule has 14 nitrogen and oxygen atoms in total. The molecule has 0 radical (unpaired) electrons. The van der Waals surface area contributed by atoms with Gasteiger partial charge in [-0.05, 0) is 0 Å². The predicted octanol–water partition coefficient (Wildman–Crippen LogP) is -0.00110. The molecule has 0 saturated carbocycles. The summed E-state index contributed by atoms with van der Waals surface area (Å²) in [7, 11) is -3.90. The molecule has 0 bridgehead atoms. The van der Waals surface area contributed by atoms with Crippen molar-refractivity contribution >= 4 is 64.9 Å². The van der Waals surface area contributed by atoms with Crippen molar-refractivity contribution < 1.29 is 56.1 Å². The number of nitrogens with one attached hydrogen (secondary N) is 1. The van der Waals surface area contributed by atoms with E-state index in [1.165, 1.54) is 38.1 Å². The van der Waals surface area contributed by atoms with E-state index in [0.717, 1.165) is 18.3 Å². The van der Waals surface area contributed by atoms with Crippen LogP contribution in [0, 0.1) is 0 Å². The quantitative estimate of drug-likeness (QED) is 0.193. The van der Waals surface area contributed by atoms with Crippen molar-refractivity contribution in [1.82, 2.24) is 0 Å². The molecule has 3 rings (SSSR count). The number of anilines is 1. The van der Waals surface area contributed by atoms with Gasteiger partial charge in [0.05, 0.1) is 0 Å². The number of nitrogens with two attached hydrogens (primary N) is 1. The Morgan fingerprint density at radius 2 is 1.33 bits per heavy atom. The molecule has 0 aromatic heterocycles. The summed E-state index contributed by atoms with van der Waals surface area (Å²) in [6, 6.07) is 11.8. The van der Waals surface area contributed by atoms with Gasteiger partial charge >= 0.3 is 254 Å². The second-order valence-electron chi connectivity index (χ2n) is 9.23. The number of primary sulfonamides is 1. The van der Waals surface area contributed by atoms with Gasteiger partial charge in [-0.3, -0.25) is 0 Å². The number of ether oxygens (including phenoxy) is 5. The first-order valence-electron chi connectivity index (χ1n) is 12.7. The van der Waals surface area contributed by atoms with Crippen molar-refractivity contribution in [3.05, 3.63) is 54.1 Å². The molecular formula is C27H30N2O12SSe. The molecule has 5 atom stereocenters. The van der Waals surface area contributed by atoms with Gasteiger partial charge in [0, 0.05) is 0 Å². The number of rotatable bonds is 10. The second kappa shape index (κ2) is 14.6. The molecular weight excluding hydrogens is 655 g/mol. The Hall–Kier alpha value is -3.82. The summed E-state index contributed by atoms with van der Waals surface area (Å²) < 4.78 is 51.2. The van der Waals surface area contributed by atoms with E-state index < -0.39 is 84.2 Å². The van der Waals surface area contributed by atoms with E-state index in [2.05, 4.69) is 5.32 Å². The Balaban J connectivity index is 1.83. The maximum absolute atomic E-state index is 12.6. The summed E-state index contributed by atoms with van der Waals surface area (Å²) >= 11 is -0.611. The van der Waals surface area contributed by atoms with Gasteiger partial charge in [0.2, 0.25) is 0 Å². The van der Waals surface area contributed by atoms with Crippen LogP contribution in [0.1, 0.15) is 38.1 Å². The Labute approximate surface area is 253 Å². The zero-order valence-corrected chi connectivity index (χ0v) is 26.0. The molecule has 2 aromatic rings. The molecule has 1 aliphatic rings. The number of sulfonamides is 1. The summed E-state index contributed by atoms with van der Waals surface area (Å²) in [6.45, 7) is 4.32. The normalized spacial score (nSPS) is 21.7. The molecule has 3 N–H and O–H groups in total. The number of esters is 4. The Kier molecular flexibility index (Phi) is 11.4. The van der Waals surface area contributed by atoms with Crippen LogP contribution in [0.3, 0.4) is 0 Å². The molecule has 1 saturated heterocycles. The monoisotopic (exact) mass is 686 g/mol. The predicted molar refractivity (Wildman–Crippen MR) is 150 cm³/mol. The van der Waals surface area contributed by atoms with Crippen molar-refractivity contribution in [2.75, 3.05) is 11.9 Å². The molecule has 1 heterocycles. The molecule has 0 aliphatic carbocycles. The van der Waals surface area contributed by atoms with Crippen LogP contribution in [0.15, 0.2) is 53.4 Å². The third-order valence-electron chi connectivity index (χ3n) is 5.76. The number of amides is 1. The number of hydrogen-bond donors (Lipinski definition) is 2. The fourth-order valence-electron chi connectivity index (χ4n) is 4.03. The average Bonchev–Trinajstić information content (AvgIpc) is 2.90. The number of benzene rings is 2. The third kappa shape index (κ3) is 9.86. The van der Waals surface area contributed by atoms with E-state index in [1.54, 1.807) is 24.3 Å². The fraction of sp³-hybridized carbons (Fsp3) is 0.370. The van der Waals surface area contributed by atoms with E-state index >= 15 is 0 Å². The van der Waals surface area contributed by atoms with Crippen LogP contribution >= 0.6 is 0 Å². The molecule has 1 fully saturated rings. The Morgan fingerprint density at radius 1 is 0.791 bits per heavy atom. The van der Waals surface area contributed by atoms with Gasteiger partial charge in [0.15, 0.2) is 0 Å². The second-order valence-corrected chi connectivity index (χ2v) is 13.3. The SMILES string of the molecule is CC(=O)OC[C@H]1O[C@@H]([Se]c2ccc(NC(=O)c3ccc(S(N)(=O)=O)cc3)cc2)[C@H](OC(C)=O)[C@@H](OC(C)=O)[C@@H]1OC(C)=O. The molecule has 43 heavy (non-hydrogen) atoms. The van der Waals surface area contributed by atoms with Gasteiger partial charge in [0.1, 0.15) is 0 Å². The molecule has 1 amide bonds. The molecule has 0 spiro atoms. The van der Waals surface area contributed by atoms with Crippen LogP contribution in [0.4, 0.5) is 5.69 Å². The van der Waals surface area contributed by atoms with Gasteiger partial charge in [0.25, 0.3) is 0 Å². The summed E-state index contributed by atoms with van der Waals surface area (Å²) in [5, 5.41) is 6.92. The van der Waals surface area contributed by atoms with Gasteiger partial charge < -0.3 is 0 Å². The molecule has 2 aromatic carbocycles. The van der Waals surface area contributed by atoms with Crippen molar-refractivity contribution in [1.29, 1.82) is 0 Å². The molecule has 1 aliphatic heterocycles. The fourth-order valence-corrected chi connectivity index (χ4v) is 6.87. The van der Waals surface area contributed by atoms with Crippen LogP contribution < -0.4 is 14.9 Å². The van der Waals surface area contributed by atoms with Gasteiger partial charge in [-0.25, -0.2) is 0 Å². The van der Waals surface area contributed by atoms with Crippen LogP contribution in [0.25, 0.3) is 0 Å². The van der Waals surface area contributed by atoms with Crippen molar-refractivity contribution in [2.24, 2.45) is 5.14 Å². The van der Waals surface area contributed by atoms with Crippen LogP contribution in [0.2, 0.25) is 0 Å². The Bertz CT molecular complexity index is 1460. The van der Waals surface area contributed by atoms with Crippen LogP contribution in [-0.2, 0) is 52.9 Å². The standard InChI is InChI=1S/C27H30N2O12SSe/c1-14(30)37-13-22-23(38-15(2)31)24(39-16(3)32)25(40-17(4)33)27(41-22)43-21-11-7-19(8-12-21)29-26(34)18-5-9-20(10-6-18)42(28,35)36/h5-12,22-25,27H,13H2,1-4H3,(H,29,34)(H2,28,35,36)/t22-,23-,24+,25-,27+/m1/s1. The number of hydrogen-bond acceptors (Lipinski definition) is 12. The number of carbonyl (C=O) groups is 5. The molecule has 16 heteroatoms. The van der Waals surface area contributed by atoms with E-state index in [9.17, 15) is 32.4 Å². The summed E-state index contributed by atoms with van der Waals surface area (Å²) in [6.07, 6.45) is -4.71. The summed E-state index contributed by atoms with van der Waals surface area (Å²) in [5.74, 6) is -3.24. The Morgan fingerprint density at radius 3 is 1.84 bits per heavy atom. The van der Waals surface area contributed by atoms with Gasteiger partial charge in [-0.1, -0.05) is 0 Å². The van der Waals surface area contributed by atoms with E-state index in [4.69, 9.17) is 28.8 Å². The molecule has 0 unspecified atom stereocenters. The topological polar surface area (TPSA) is 204 Å². The third-order valence-corrected chi connectivity index (χ3v) is 9.11. The average molecular weight is 686 g/mol. The van der Waals surface area contributed by atoms with E-state index in [1.807, 2.05) is 0 Å². The number of carbonyl (C=O) groups excluding carboxylic acids is 5. The van der Waals surface area contributed by atoms with Gasteiger partial charge in [-0.2, -0.15) is 0 Å². The minimum atomic E-state index is -3.90. The first-order chi connectivity index (χ1) is 20.1. The van der Waals surface area contributed by atoms with E-state index in [0.29, 0.717) is 5.69 Å². The summed E-state index contributed by atoms with van der Waals surface area (Å²) in [4.78, 5) is 60.0. The molecule has 232 valence electrons. The zero-order valence-electron chi connectivity index (χ0n) is 23.5. The maximum atomic E-state index is 12.6. The van der Waals surface area contributed by atoms with Crippen molar-refractivity contribution in [3.8, 4) is 0 Å². The minimum absolute atomic E-state index is 0.127. The van der Waals surface area contributed by atoms with Crippen LogP contribution in [-0.4, -0.2) is 89.2 Å². The zero-order chi connectivity index (χ0) is 31.9. The van der Waals surface area contributed by atoms with Gasteiger partial charge in [-0.15, -0.1) is 0 Å². The first kappa shape index (κ1) is 33.7. The first-order valence-corrected chi connectivity index (χ1v) is 16.0. The van der Waals surface area contributed by atoms with E-state index in [-0.39, 0.29) is 17.1 Å². The van der Waals surface area contributed by atoms with Crippen LogP contribution in [0.5, 0.6) is 0 Å². The summed E-state index contributed by atoms with van der Waals surface area (Å²) in [5.41, 5.74) is 0.639.